The highest BCUT2D eigenvalue weighted by Gasteiger charge is 2.22. The predicted molar refractivity (Wildman–Crippen MR) is 110 cm³/mol. The van der Waals surface area contributed by atoms with Crippen LogP contribution in [0, 0.1) is 0 Å². The molecule has 0 aliphatic heterocycles. The molecule has 172 valence electrons. The van der Waals surface area contributed by atoms with Gasteiger partial charge in [0, 0.05) is 12.8 Å². The quantitative estimate of drug-likeness (QED) is 0.170. The fourth-order valence-corrected chi connectivity index (χ4v) is 3.08. The highest BCUT2D eigenvalue weighted by Crippen LogP contribution is 2.35. The highest BCUT2D eigenvalue weighted by atomic mass is 31.2. The van der Waals surface area contributed by atoms with Crippen LogP contribution < -0.4 is 0 Å². The molecule has 2 N–H and O–H groups in total. The summed E-state index contributed by atoms with van der Waals surface area (Å²) in [7, 11) is -4.71. The van der Waals surface area contributed by atoms with Gasteiger partial charge in [-0.05, 0) is 12.8 Å². The van der Waals surface area contributed by atoms with Crippen molar-refractivity contribution in [2.45, 2.75) is 103 Å². The van der Waals surface area contributed by atoms with Gasteiger partial charge in [-0.25, -0.2) is 4.57 Å². The van der Waals surface area contributed by atoms with E-state index in [2.05, 4.69) is 18.4 Å². The summed E-state index contributed by atoms with van der Waals surface area (Å²) in [5, 5.41) is 0. The summed E-state index contributed by atoms with van der Waals surface area (Å²) >= 11 is 0. The van der Waals surface area contributed by atoms with E-state index in [1.165, 1.54) is 19.3 Å². The van der Waals surface area contributed by atoms with Gasteiger partial charge in [-0.3, -0.25) is 14.1 Å². The zero-order chi connectivity index (χ0) is 22.0. The second kappa shape index (κ2) is 17.9. The Kier molecular flexibility index (Phi) is 17.3. The molecule has 0 aliphatic rings. The summed E-state index contributed by atoms with van der Waals surface area (Å²) in [6.07, 6.45) is 10.6. The molecule has 9 heteroatoms. The van der Waals surface area contributed by atoms with Crippen LogP contribution in [0.3, 0.4) is 0 Å². The van der Waals surface area contributed by atoms with E-state index in [-0.39, 0.29) is 19.4 Å². The van der Waals surface area contributed by atoms with Crippen LogP contribution in [0.15, 0.2) is 0 Å². The van der Waals surface area contributed by atoms with E-state index in [0.29, 0.717) is 12.8 Å². The van der Waals surface area contributed by atoms with Crippen LogP contribution in [-0.4, -0.2) is 41.0 Å². The molecule has 0 heterocycles. The van der Waals surface area contributed by atoms with E-state index in [1.54, 1.807) is 0 Å². The van der Waals surface area contributed by atoms with Crippen LogP contribution in [-0.2, 0) is 28.2 Å². The van der Waals surface area contributed by atoms with Crippen molar-refractivity contribution in [3.05, 3.63) is 0 Å². The van der Waals surface area contributed by atoms with Crippen LogP contribution in [0.5, 0.6) is 0 Å². The highest BCUT2D eigenvalue weighted by molar-refractivity contribution is 7.46. The molecular formula is C20H39O8P. The zero-order valence-corrected chi connectivity index (χ0v) is 18.9. The molecule has 0 aromatic carbocycles. The number of hydrogen-bond acceptors (Lipinski definition) is 6. The Morgan fingerprint density at radius 1 is 0.759 bits per heavy atom. The third-order valence-electron chi connectivity index (χ3n) is 4.38. The number of hydrogen-bond donors (Lipinski definition) is 2. The van der Waals surface area contributed by atoms with Gasteiger partial charge in [0.1, 0.15) is 6.61 Å². The largest absolute Gasteiger partial charge is 0.469 e. The molecule has 0 bridgehead atoms. The van der Waals surface area contributed by atoms with Crippen molar-refractivity contribution in [2.75, 3.05) is 13.2 Å². The van der Waals surface area contributed by atoms with Gasteiger partial charge in [-0.15, -0.1) is 0 Å². The van der Waals surface area contributed by atoms with Crippen molar-refractivity contribution in [2.24, 2.45) is 0 Å². The van der Waals surface area contributed by atoms with Crippen LogP contribution in [0.2, 0.25) is 0 Å². The van der Waals surface area contributed by atoms with Gasteiger partial charge in [0.25, 0.3) is 0 Å². The van der Waals surface area contributed by atoms with E-state index < -0.39 is 32.5 Å². The molecule has 0 radical (unpaired) electrons. The second-order valence-corrected chi connectivity index (χ2v) is 8.50. The number of esters is 2. The maximum Gasteiger partial charge on any atom is 0.469 e. The Morgan fingerprint density at radius 2 is 1.24 bits per heavy atom. The molecule has 0 aromatic rings. The van der Waals surface area contributed by atoms with Gasteiger partial charge in [-0.2, -0.15) is 0 Å². The topological polar surface area (TPSA) is 119 Å². The standard InChI is InChI=1S/C20H39O8P/c1-3-5-7-9-10-11-13-15-20(22)28-18(17-27-29(23,24)25)16-26-19(21)14-12-8-6-4-2/h18H,3-17H2,1-2H3,(H2,23,24,25). The average Bonchev–Trinajstić information content (AvgIpc) is 2.66. The first kappa shape index (κ1) is 28.1. The predicted octanol–water partition coefficient (Wildman–Crippen LogP) is 4.66. The minimum absolute atomic E-state index is 0.213. The molecular weight excluding hydrogens is 399 g/mol. The molecule has 0 saturated carbocycles. The number of phosphoric acid groups is 1. The molecule has 0 amide bonds. The monoisotopic (exact) mass is 438 g/mol. The van der Waals surface area contributed by atoms with Crippen LogP contribution in [0.25, 0.3) is 0 Å². The maximum atomic E-state index is 12.0. The molecule has 0 rings (SSSR count). The van der Waals surface area contributed by atoms with Crippen LogP contribution >= 0.6 is 7.82 Å². The Bertz CT molecular complexity index is 477. The SMILES string of the molecule is CCCCCCCCCC(=O)OC(COC(=O)CCCCCC)COP(=O)(O)O. The Labute approximate surface area is 174 Å². The minimum atomic E-state index is -4.71. The number of ether oxygens (including phenoxy) is 2. The average molecular weight is 438 g/mol. The van der Waals surface area contributed by atoms with E-state index in [9.17, 15) is 14.2 Å². The molecule has 8 nitrogen and oxygen atoms in total. The number of unbranched alkanes of at least 4 members (excludes halogenated alkanes) is 9. The molecule has 0 aromatic heterocycles. The fraction of sp³-hybridized carbons (Fsp3) is 0.900. The van der Waals surface area contributed by atoms with Crippen molar-refractivity contribution in [1.82, 2.24) is 0 Å². The lowest BCUT2D eigenvalue weighted by atomic mass is 10.1. The number of carbonyl (C=O) groups excluding carboxylic acids is 2. The maximum absolute atomic E-state index is 12.0. The Balaban J connectivity index is 4.22. The summed E-state index contributed by atoms with van der Waals surface area (Å²) in [6, 6.07) is 0. The van der Waals surface area contributed by atoms with Gasteiger partial charge in [0.2, 0.25) is 0 Å². The van der Waals surface area contributed by atoms with Gasteiger partial charge in [0.15, 0.2) is 6.10 Å². The number of phosphoric ester groups is 1. The zero-order valence-electron chi connectivity index (χ0n) is 18.0. The van der Waals surface area contributed by atoms with Crippen molar-refractivity contribution in [3.63, 3.8) is 0 Å². The molecule has 0 saturated heterocycles. The summed E-state index contributed by atoms with van der Waals surface area (Å²) in [4.78, 5) is 41.4. The molecule has 29 heavy (non-hydrogen) atoms. The summed E-state index contributed by atoms with van der Waals surface area (Å²) in [5.74, 6) is -0.915. The fourth-order valence-electron chi connectivity index (χ4n) is 2.72. The number of carbonyl (C=O) groups is 2. The van der Waals surface area contributed by atoms with Crippen molar-refractivity contribution >= 4 is 19.8 Å². The molecule has 1 atom stereocenters. The first-order valence-electron chi connectivity index (χ1n) is 10.8. The summed E-state index contributed by atoms with van der Waals surface area (Å²) in [5.41, 5.74) is 0. The van der Waals surface area contributed by atoms with Crippen LogP contribution in [0.4, 0.5) is 0 Å². The first-order chi connectivity index (χ1) is 13.8. The van der Waals surface area contributed by atoms with Gasteiger partial charge < -0.3 is 19.3 Å². The van der Waals surface area contributed by atoms with E-state index in [4.69, 9.17) is 19.3 Å². The Morgan fingerprint density at radius 3 is 1.79 bits per heavy atom. The lowest BCUT2D eigenvalue weighted by molar-refractivity contribution is -0.161. The molecule has 1 unspecified atom stereocenters. The van der Waals surface area contributed by atoms with Gasteiger partial charge >= 0.3 is 19.8 Å². The van der Waals surface area contributed by atoms with Crippen LogP contribution in [0.1, 0.15) is 97.3 Å². The van der Waals surface area contributed by atoms with Gasteiger partial charge in [0.05, 0.1) is 6.61 Å². The van der Waals surface area contributed by atoms with Gasteiger partial charge in [-0.1, -0.05) is 71.6 Å². The Hall–Kier alpha value is -0.950. The summed E-state index contributed by atoms with van der Waals surface area (Å²) in [6.45, 7) is 3.42. The molecule has 0 fully saturated rings. The first-order valence-corrected chi connectivity index (χ1v) is 12.4. The van der Waals surface area contributed by atoms with Crippen molar-refractivity contribution in [1.29, 1.82) is 0 Å². The normalized spacial score (nSPS) is 12.6. The lowest BCUT2D eigenvalue weighted by Gasteiger charge is -2.18. The van der Waals surface area contributed by atoms with Crippen molar-refractivity contribution < 1.29 is 37.9 Å². The summed E-state index contributed by atoms with van der Waals surface area (Å²) < 4.78 is 25.6. The minimum Gasteiger partial charge on any atom is -0.462 e. The number of rotatable bonds is 19. The smallest absolute Gasteiger partial charge is 0.462 e. The second-order valence-electron chi connectivity index (χ2n) is 7.26. The van der Waals surface area contributed by atoms with E-state index >= 15 is 0 Å². The van der Waals surface area contributed by atoms with E-state index in [0.717, 1.165) is 38.5 Å². The third-order valence-corrected chi connectivity index (χ3v) is 4.86. The molecule has 0 aliphatic carbocycles. The molecule has 0 spiro atoms. The lowest BCUT2D eigenvalue weighted by Crippen LogP contribution is -2.29. The third kappa shape index (κ3) is 20.1. The van der Waals surface area contributed by atoms with Crippen molar-refractivity contribution in [3.8, 4) is 0 Å². The van der Waals surface area contributed by atoms with E-state index in [1.807, 2.05) is 0 Å².